The summed E-state index contributed by atoms with van der Waals surface area (Å²) < 4.78 is 11.0. The number of nitriles is 1. The first-order valence-corrected chi connectivity index (χ1v) is 8.50. The third-order valence-electron chi connectivity index (χ3n) is 3.13. The van der Waals surface area contributed by atoms with Gasteiger partial charge in [0.1, 0.15) is 5.76 Å². The van der Waals surface area contributed by atoms with Crippen LogP contribution in [0.2, 0.25) is 0 Å². The highest BCUT2D eigenvalue weighted by Crippen LogP contribution is 2.14. The number of ether oxygens (including phenoxy) is 1. The number of halogens is 1. The van der Waals surface area contributed by atoms with Gasteiger partial charge in [-0.2, -0.15) is 5.26 Å². The number of hydrogen-bond donors (Lipinski definition) is 0. The summed E-state index contributed by atoms with van der Waals surface area (Å²) in [4.78, 5) is 25.5. The Morgan fingerprint density at radius 3 is 2.64 bits per heavy atom. The Labute approximate surface area is 158 Å². The molecule has 0 aliphatic rings. The van der Waals surface area contributed by atoms with Crippen LogP contribution >= 0.6 is 22.6 Å². The average molecular weight is 450 g/mol. The Hall–Kier alpha value is -2.60. The number of carbonyl (C=O) groups is 2. The van der Waals surface area contributed by atoms with Crippen molar-refractivity contribution < 1.29 is 18.7 Å². The highest BCUT2D eigenvalue weighted by Gasteiger charge is 2.16. The Bertz CT molecular complexity index is 793. The number of rotatable bonds is 7. The number of furan rings is 1. The fourth-order valence-corrected chi connectivity index (χ4v) is 2.43. The van der Waals surface area contributed by atoms with E-state index in [4.69, 9.17) is 14.4 Å². The fourth-order valence-electron chi connectivity index (χ4n) is 1.99. The van der Waals surface area contributed by atoms with E-state index in [1.54, 1.807) is 36.4 Å². The first-order chi connectivity index (χ1) is 12.1. The lowest BCUT2D eigenvalue weighted by atomic mass is 10.2. The van der Waals surface area contributed by atoms with Gasteiger partial charge >= 0.3 is 5.97 Å². The number of para-hydroxylation sites is 1. The van der Waals surface area contributed by atoms with Crippen molar-refractivity contribution in [2.75, 3.05) is 18.1 Å². The maximum Gasteiger partial charge on any atom is 0.331 e. The first kappa shape index (κ1) is 18.7. The zero-order valence-corrected chi connectivity index (χ0v) is 15.4. The molecule has 0 unspecified atom stereocenters. The molecule has 1 aromatic carbocycles. The van der Waals surface area contributed by atoms with Crippen molar-refractivity contribution in [3.05, 3.63) is 58.1 Å². The number of hydrogen-bond acceptors (Lipinski definition) is 5. The molecule has 0 saturated carbocycles. The summed E-state index contributed by atoms with van der Waals surface area (Å²) in [6.07, 6.45) is 2.86. The lowest BCUT2D eigenvalue weighted by Gasteiger charge is -2.21. The van der Waals surface area contributed by atoms with Crippen LogP contribution in [-0.2, 0) is 14.3 Å². The summed E-state index contributed by atoms with van der Waals surface area (Å²) >= 11 is 2.02. The van der Waals surface area contributed by atoms with Gasteiger partial charge in [-0.3, -0.25) is 4.79 Å². The van der Waals surface area contributed by atoms with Crippen LogP contribution in [0.25, 0.3) is 6.08 Å². The Balaban J connectivity index is 1.92. The molecule has 1 amide bonds. The van der Waals surface area contributed by atoms with E-state index in [1.165, 1.54) is 17.1 Å². The highest BCUT2D eigenvalue weighted by atomic mass is 127. The predicted octanol–water partition coefficient (Wildman–Crippen LogP) is 3.39. The van der Waals surface area contributed by atoms with Crippen molar-refractivity contribution in [1.29, 1.82) is 5.26 Å². The topological polar surface area (TPSA) is 83.5 Å². The van der Waals surface area contributed by atoms with Gasteiger partial charge in [-0.15, -0.1) is 0 Å². The summed E-state index contributed by atoms with van der Waals surface area (Å²) in [6.45, 7) is -0.170. The monoisotopic (exact) mass is 450 g/mol. The minimum absolute atomic E-state index is 0.186. The van der Waals surface area contributed by atoms with Crippen LogP contribution in [0.15, 0.2) is 53.0 Å². The fraction of sp³-hybridized carbons (Fsp3) is 0.167. The molecule has 25 heavy (non-hydrogen) atoms. The second-order valence-electron chi connectivity index (χ2n) is 4.87. The van der Waals surface area contributed by atoms with Gasteiger partial charge in [-0.25, -0.2) is 4.79 Å². The van der Waals surface area contributed by atoms with Crippen LogP contribution in [0, 0.1) is 15.1 Å². The average Bonchev–Trinajstić information content (AvgIpc) is 3.05. The van der Waals surface area contributed by atoms with E-state index < -0.39 is 18.5 Å². The minimum Gasteiger partial charge on any atom is -0.452 e. The van der Waals surface area contributed by atoms with E-state index in [1.807, 2.05) is 34.7 Å². The van der Waals surface area contributed by atoms with Crippen LogP contribution in [0.3, 0.4) is 0 Å². The molecular weight excluding hydrogens is 435 g/mol. The number of carbonyl (C=O) groups excluding carboxylic acids is 2. The Morgan fingerprint density at radius 2 is 2.00 bits per heavy atom. The second-order valence-corrected chi connectivity index (χ2v) is 5.94. The number of esters is 1. The molecule has 0 saturated heterocycles. The molecule has 0 radical (unpaired) electrons. The third kappa shape index (κ3) is 6.08. The standard InChI is InChI=1S/C18H15IN2O4/c19-16-9-7-15(25-16)8-10-18(23)24-13-17(22)21(12-4-11-20)14-5-2-1-3-6-14/h1-3,5-10H,4,12-13H2/b10-8+. The second kappa shape index (κ2) is 9.64. The quantitative estimate of drug-likeness (QED) is 0.367. The molecule has 0 N–H and O–H groups in total. The number of benzene rings is 1. The number of nitrogens with zero attached hydrogens (tertiary/aromatic N) is 2. The molecule has 0 spiro atoms. The van der Waals surface area contributed by atoms with E-state index in [-0.39, 0.29) is 13.0 Å². The zero-order valence-electron chi connectivity index (χ0n) is 13.2. The van der Waals surface area contributed by atoms with Crippen LogP contribution in [0.5, 0.6) is 0 Å². The van der Waals surface area contributed by atoms with Crippen LogP contribution < -0.4 is 4.90 Å². The van der Waals surface area contributed by atoms with Gasteiger partial charge in [0.05, 0.1) is 12.5 Å². The van der Waals surface area contributed by atoms with E-state index >= 15 is 0 Å². The Morgan fingerprint density at radius 1 is 1.24 bits per heavy atom. The molecule has 7 heteroatoms. The molecule has 0 atom stereocenters. The SMILES string of the molecule is N#CCCN(C(=O)COC(=O)/C=C/c1ccc(I)o1)c1ccccc1. The molecule has 2 rings (SSSR count). The normalized spacial score (nSPS) is 10.4. The van der Waals surface area contributed by atoms with Crippen LogP contribution in [0.1, 0.15) is 12.2 Å². The molecule has 0 aliphatic heterocycles. The summed E-state index contributed by atoms with van der Waals surface area (Å²) in [7, 11) is 0. The van der Waals surface area contributed by atoms with Crippen molar-refractivity contribution in [2.24, 2.45) is 0 Å². The molecule has 1 aromatic heterocycles. The summed E-state index contributed by atoms with van der Waals surface area (Å²) in [5, 5.41) is 8.75. The van der Waals surface area contributed by atoms with Crippen LogP contribution in [-0.4, -0.2) is 25.0 Å². The molecule has 0 fully saturated rings. The number of anilines is 1. The van der Waals surface area contributed by atoms with E-state index in [0.29, 0.717) is 15.2 Å². The van der Waals surface area contributed by atoms with Gasteiger partial charge in [0, 0.05) is 18.3 Å². The maximum absolute atomic E-state index is 12.3. The molecular formula is C18H15IN2O4. The van der Waals surface area contributed by atoms with Crippen molar-refractivity contribution in [1.82, 2.24) is 0 Å². The van der Waals surface area contributed by atoms with Gasteiger partial charge < -0.3 is 14.1 Å². The lowest BCUT2D eigenvalue weighted by molar-refractivity contribution is -0.142. The van der Waals surface area contributed by atoms with E-state index in [0.717, 1.165) is 0 Å². The van der Waals surface area contributed by atoms with E-state index in [2.05, 4.69) is 0 Å². The van der Waals surface area contributed by atoms with Crippen molar-refractivity contribution in [3.63, 3.8) is 0 Å². The molecule has 128 valence electrons. The molecule has 0 aliphatic carbocycles. The largest absolute Gasteiger partial charge is 0.452 e. The summed E-state index contributed by atoms with van der Waals surface area (Å²) in [5.74, 6) is -0.517. The molecule has 6 nitrogen and oxygen atoms in total. The highest BCUT2D eigenvalue weighted by molar-refractivity contribution is 14.1. The summed E-state index contributed by atoms with van der Waals surface area (Å²) in [6, 6.07) is 14.4. The van der Waals surface area contributed by atoms with Gasteiger partial charge in [0.25, 0.3) is 5.91 Å². The molecule has 2 aromatic rings. The third-order valence-corrected chi connectivity index (χ3v) is 3.71. The minimum atomic E-state index is -0.645. The predicted molar refractivity (Wildman–Crippen MR) is 100 cm³/mol. The van der Waals surface area contributed by atoms with Crippen LogP contribution in [0.4, 0.5) is 5.69 Å². The van der Waals surface area contributed by atoms with Gasteiger partial charge in [0.2, 0.25) is 0 Å². The molecule has 1 heterocycles. The van der Waals surface area contributed by atoms with E-state index in [9.17, 15) is 9.59 Å². The smallest absolute Gasteiger partial charge is 0.331 e. The van der Waals surface area contributed by atoms with Crippen molar-refractivity contribution >= 4 is 46.2 Å². The summed E-state index contributed by atoms with van der Waals surface area (Å²) in [5.41, 5.74) is 0.652. The first-order valence-electron chi connectivity index (χ1n) is 7.42. The van der Waals surface area contributed by atoms with Gasteiger partial charge in [-0.1, -0.05) is 18.2 Å². The Kier molecular flexibility index (Phi) is 7.22. The maximum atomic E-state index is 12.3. The van der Waals surface area contributed by atoms with Crippen molar-refractivity contribution in [3.8, 4) is 6.07 Å². The number of amides is 1. The molecule has 0 bridgehead atoms. The van der Waals surface area contributed by atoms with Gasteiger partial charge in [0.15, 0.2) is 10.4 Å². The van der Waals surface area contributed by atoms with Crippen molar-refractivity contribution in [2.45, 2.75) is 6.42 Å². The lowest BCUT2D eigenvalue weighted by Crippen LogP contribution is -2.35. The van der Waals surface area contributed by atoms with Gasteiger partial charge in [-0.05, 0) is 52.9 Å². The zero-order chi connectivity index (χ0) is 18.1.